The third-order valence-corrected chi connectivity index (χ3v) is 3.95. The molecule has 1 aliphatic rings. The highest BCUT2D eigenvalue weighted by molar-refractivity contribution is 6.04. The smallest absolute Gasteiger partial charge is 0.321 e. The van der Waals surface area contributed by atoms with Crippen LogP contribution < -0.4 is 15.5 Å². The summed E-state index contributed by atoms with van der Waals surface area (Å²) in [4.78, 5) is 35.9. The third-order valence-electron chi connectivity index (χ3n) is 3.95. The van der Waals surface area contributed by atoms with Crippen LogP contribution in [0.1, 0.15) is 15.9 Å². The topological polar surface area (TPSA) is 105 Å². The van der Waals surface area contributed by atoms with Crippen LogP contribution in [0.3, 0.4) is 0 Å². The molecular formula is C17H16N4O4. The van der Waals surface area contributed by atoms with Crippen molar-refractivity contribution in [1.82, 2.24) is 5.32 Å². The highest BCUT2D eigenvalue weighted by atomic mass is 16.6. The summed E-state index contributed by atoms with van der Waals surface area (Å²) in [7, 11) is 0. The van der Waals surface area contributed by atoms with E-state index in [9.17, 15) is 19.7 Å². The minimum Gasteiger partial charge on any atom is -0.336 e. The first kappa shape index (κ1) is 16.4. The first-order valence-electron chi connectivity index (χ1n) is 7.67. The van der Waals surface area contributed by atoms with E-state index in [2.05, 4.69) is 10.6 Å². The van der Waals surface area contributed by atoms with Gasteiger partial charge >= 0.3 is 6.03 Å². The van der Waals surface area contributed by atoms with Gasteiger partial charge in [0.25, 0.3) is 11.6 Å². The van der Waals surface area contributed by atoms with E-state index < -0.39 is 4.92 Å². The highest BCUT2D eigenvalue weighted by Gasteiger charge is 2.21. The summed E-state index contributed by atoms with van der Waals surface area (Å²) < 4.78 is 0. The summed E-state index contributed by atoms with van der Waals surface area (Å²) in [6.07, 6.45) is 0. The summed E-state index contributed by atoms with van der Waals surface area (Å²) in [5.41, 5.74) is 2.06. The van der Waals surface area contributed by atoms with Crippen molar-refractivity contribution in [3.8, 4) is 0 Å². The van der Waals surface area contributed by atoms with Crippen molar-refractivity contribution in [3.05, 3.63) is 63.7 Å². The number of urea groups is 1. The van der Waals surface area contributed by atoms with Gasteiger partial charge in [0, 0.05) is 41.7 Å². The number of benzene rings is 2. The summed E-state index contributed by atoms with van der Waals surface area (Å²) in [6.45, 7) is 2.80. The van der Waals surface area contributed by atoms with Crippen LogP contribution in [0.2, 0.25) is 0 Å². The lowest BCUT2D eigenvalue weighted by Gasteiger charge is -2.14. The van der Waals surface area contributed by atoms with Gasteiger partial charge in [-0.25, -0.2) is 4.79 Å². The fourth-order valence-electron chi connectivity index (χ4n) is 2.65. The van der Waals surface area contributed by atoms with Crippen LogP contribution in [0.15, 0.2) is 42.5 Å². The fourth-order valence-corrected chi connectivity index (χ4v) is 2.65. The molecule has 3 rings (SSSR count). The number of aryl methyl sites for hydroxylation is 1. The largest absolute Gasteiger partial charge is 0.336 e. The van der Waals surface area contributed by atoms with Gasteiger partial charge < -0.3 is 10.6 Å². The zero-order valence-corrected chi connectivity index (χ0v) is 13.5. The van der Waals surface area contributed by atoms with E-state index in [0.717, 1.165) is 5.69 Å². The minimum absolute atomic E-state index is 0.0233. The molecule has 0 radical (unpaired) electrons. The van der Waals surface area contributed by atoms with Crippen molar-refractivity contribution in [2.24, 2.45) is 0 Å². The van der Waals surface area contributed by atoms with Gasteiger partial charge in [-0.1, -0.05) is 0 Å². The Balaban J connectivity index is 1.71. The van der Waals surface area contributed by atoms with E-state index in [4.69, 9.17) is 0 Å². The Morgan fingerprint density at radius 2 is 1.96 bits per heavy atom. The van der Waals surface area contributed by atoms with Crippen molar-refractivity contribution < 1.29 is 14.5 Å². The lowest BCUT2D eigenvalue weighted by Crippen LogP contribution is -2.27. The highest BCUT2D eigenvalue weighted by Crippen LogP contribution is 2.22. The molecule has 1 heterocycles. The van der Waals surface area contributed by atoms with Gasteiger partial charge in [-0.2, -0.15) is 0 Å². The number of anilines is 2. The number of amides is 3. The van der Waals surface area contributed by atoms with E-state index in [1.807, 2.05) is 0 Å². The van der Waals surface area contributed by atoms with Crippen LogP contribution in [0.4, 0.5) is 21.9 Å². The zero-order valence-electron chi connectivity index (χ0n) is 13.5. The van der Waals surface area contributed by atoms with E-state index in [1.165, 1.54) is 18.2 Å². The molecule has 1 aliphatic heterocycles. The number of rotatable bonds is 4. The van der Waals surface area contributed by atoms with Crippen LogP contribution >= 0.6 is 0 Å². The Hall–Kier alpha value is -3.42. The van der Waals surface area contributed by atoms with Crippen molar-refractivity contribution in [2.45, 2.75) is 6.92 Å². The molecule has 0 bridgehead atoms. The molecule has 8 heteroatoms. The number of carbonyl (C=O) groups excluding carboxylic acids is 2. The Kier molecular flexibility index (Phi) is 4.34. The fraction of sp³-hybridized carbons (Fsp3) is 0.176. The molecule has 1 saturated heterocycles. The number of hydrogen-bond donors (Lipinski definition) is 2. The second kappa shape index (κ2) is 6.60. The maximum absolute atomic E-state index is 12.3. The Morgan fingerprint density at radius 3 is 2.52 bits per heavy atom. The third kappa shape index (κ3) is 3.42. The minimum atomic E-state index is -0.482. The van der Waals surface area contributed by atoms with Gasteiger partial charge in [-0.3, -0.25) is 19.8 Å². The van der Waals surface area contributed by atoms with Gasteiger partial charge in [0.05, 0.1) is 4.92 Å². The molecule has 0 aromatic heterocycles. The van der Waals surface area contributed by atoms with Gasteiger partial charge in [0.2, 0.25) is 0 Å². The Morgan fingerprint density at radius 1 is 1.24 bits per heavy atom. The molecule has 0 spiro atoms. The molecule has 2 aromatic rings. The summed E-state index contributed by atoms with van der Waals surface area (Å²) in [6, 6.07) is 11.0. The normalized spacial score (nSPS) is 13.5. The van der Waals surface area contributed by atoms with Crippen LogP contribution in [-0.2, 0) is 0 Å². The number of nitrogens with one attached hydrogen (secondary N) is 2. The van der Waals surface area contributed by atoms with Crippen molar-refractivity contribution >= 4 is 29.0 Å². The van der Waals surface area contributed by atoms with Gasteiger partial charge in [-0.15, -0.1) is 0 Å². The van der Waals surface area contributed by atoms with E-state index in [1.54, 1.807) is 36.1 Å². The maximum Gasteiger partial charge on any atom is 0.321 e. The van der Waals surface area contributed by atoms with Crippen LogP contribution in [0, 0.1) is 17.0 Å². The lowest BCUT2D eigenvalue weighted by molar-refractivity contribution is -0.385. The first-order valence-corrected chi connectivity index (χ1v) is 7.67. The van der Waals surface area contributed by atoms with Crippen molar-refractivity contribution in [1.29, 1.82) is 0 Å². The van der Waals surface area contributed by atoms with E-state index in [0.29, 0.717) is 29.9 Å². The van der Waals surface area contributed by atoms with Gasteiger partial charge in [0.1, 0.15) is 0 Å². The molecular weight excluding hydrogens is 324 g/mol. The van der Waals surface area contributed by atoms with E-state index >= 15 is 0 Å². The molecule has 0 aliphatic carbocycles. The summed E-state index contributed by atoms with van der Waals surface area (Å²) >= 11 is 0. The quantitative estimate of drug-likeness (QED) is 0.659. The zero-order chi connectivity index (χ0) is 18.0. The molecule has 2 N–H and O–H groups in total. The molecule has 1 fully saturated rings. The molecule has 3 amide bonds. The molecule has 0 unspecified atom stereocenters. The van der Waals surface area contributed by atoms with Gasteiger partial charge in [0.15, 0.2) is 0 Å². The van der Waals surface area contributed by atoms with Crippen LogP contribution in [-0.4, -0.2) is 30.0 Å². The van der Waals surface area contributed by atoms with Crippen molar-refractivity contribution in [2.75, 3.05) is 23.3 Å². The second-order valence-corrected chi connectivity index (χ2v) is 5.64. The number of hydrogen-bond acceptors (Lipinski definition) is 4. The number of nitro groups is 1. The lowest BCUT2D eigenvalue weighted by atomic mass is 10.1. The molecule has 25 heavy (non-hydrogen) atoms. The maximum atomic E-state index is 12.3. The molecule has 8 nitrogen and oxygen atoms in total. The molecule has 0 saturated carbocycles. The Bertz CT molecular complexity index is 848. The number of nitrogens with zero attached hydrogens (tertiary/aromatic N) is 2. The average molecular weight is 340 g/mol. The van der Waals surface area contributed by atoms with E-state index in [-0.39, 0.29) is 17.6 Å². The standard InChI is InChI=1S/C17H16N4O4/c1-11-10-12(2-7-15(11)21(24)25)16(22)19-13-3-5-14(6-4-13)20-9-8-18-17(20)23/h2-7,10H,8-9H2,1H3,(H,18,23)(H,19,22). The second-order valence-electron chi connectivity index (χ2n) is 5.64. The number of carbonyl (C=O) groups is 2. The first-order chi connectivity index (χ1) is 12.0. The van der Waals surface area contributed by atoms with Crippen molar-refractivity contribution in [3.63, 3.8) is 0 Å². The van der Waals surface area contributed by atoms with Crippen LogP contribution in [0.25, 0.3) is 0 Å². The predicted molar refractivity (Wildman–Crippen MR) is 93.0 cm³/mol. The molecule has 128 valence electrons. The Labute approximate surface area is 143 Å². The predicted octanol–water partition coefficient (Wildman–Crippen LogP) is 2.69. The summed E-state index contributed by atoms with van der Waals surface area (Å²) in [5.74, 6) is -0.357. The molecule has 0 atom stereocenters. The van der Waals surface area contributed by atoms with Gasteiger partial charge in [-0.05, 0) is 43.3 Å². The molecule has 2 aromatic carbocycles. The average Bonchev–Trinajstić information content (AvgIpc) is 3.01. The summed E-state index contributed by atoms with van der Waals surface area (Å²) in [5, 5.41) is 16.3. The monoisotopic (exact) mass is 340 g/mol. The number of nitro benzene ring substituents is 1. The van der Waals surface area contributed by atoms with Crippen LogP contribution in [0.5, 0.6) is 0 Å². The SMILES string of the molecule is Cc1cc(C(=O)Nc2ccc(N3CCNC3=O)cc2)ccc1[N+](=O)[O-].